The highest BCUT2D eigenvalue weighted by atomic mass is 31.2. The molecule has 10 heteroatoms. The first-order valence-corrected chi connectivity index (χ1v) is 39.6. The molecule has 0 N–H and O–H groups in total. The number of rotatable bonds is 68. The molecule has 0 aliphatic heterocycles. The fourth-order valence-corrected chi connectivity index (χ4v) is 10.6. The lowest BCUT2D eigenvalue weighted by Gasteiger charge is -2.28. The molecule has 542 valence electrons. The largest absolute Gasteiger partial charge is 0.756 e. The fourth-order valence-electron chi connectivity index (χ4n) is 9.87. The number of ether oxygens (including phenoxy) is 2. The number of carbonyl (C=O) groups excluding carboxylic acids is 2. The second-order valence-electron chi connectivity index (χ2n) is 25.9. The summed E-state index contributed by atoms with van der Waals surface area (Å²) in [5, 5.41) is 0. The van der Waals surface area contributed by atoms with Crippen molar-refractivity contribution in [3.63, 3.8) is 0 Å². The van der Waals surface area contributed by atoms with Crippen molar-refractivity contribution in [2.45, 2.75) is 290 Å². The van der Waals surface area contributed by atoms with Gasteiger partial charge in [0, 0.05) is 12.8 Å². The highest BCUT2D eigenvalue weighted by Gasteiger charge is 2.22. The monoisotopic (exact) mass is 1350 g/mol. The minimum absolute atomic E-state index is 0.0422. The number of hydrogen-bond donors (Lipinski definition) is 0. The van der Waals surface area contributed by atoms with Crippen molar-refractivity contribution in [1.82, 2.24) is 0 Å². The molecule has 0 fully saturated rings. The van der Waals surface area contributed by atoms with E-state index in [1.54, 1.807) is 0 Å². The Morgan fingerprint density at radius 1 is 0.323 bits per heavy atom. The van der Waals surface area contributed by atoms with E-state index in [-0.39, 0.29) is 26.1 Å². The molecule has 9 nitrogen and oxygen atoms in total. The van der Waals surface area contributed by atoms with E-state index in [1.807, 2.05) is 21.1 Å². The van der Waals surface area contributed by atoms with Gasteiger partial charge in [0.25, 0.3) is 7.82 Å². The van der Waals surface area contributed by atoms with Crippen molar-refractivity contribution < 1.29 is 42.1 Å². The Morgan fingerprint density at radius 2 is 0.562 bits per heavy atom. The zero-order valence-corrected chi connectivity index (χ0v) is 62.6. The Labute approximate surface area is 590 Å². The van der Waals surface area contributed by atoms with Crippen LogP contribution in [0.25, 0.3) is 0 Å². The van der Waals surface area contributed by atoms with Gasteiger partial charge in [-0.2, -0.15) is 0 Å². The van der Waals surface area contributed by atoms with E-state index < -0.39 is 32.5 Å². The van der Waals surface area contributed by atoms with E-state index in [9.17, 15) is 19.0 Å². The number of phosphoric acid groups is 1. The SMILES string of the molecule is CC/C=C\C/C=C\C/C=C\C/C=C\C/C=C\C/C=C\C/C=C\C/C=C\C/C=C\C/C=C\C/C=C\CCCCCCCCCC(=O)OC(COC(=O)CCCCCCCCCCCCCCCCC/C=C\C/C=C\C/C=C\C/C=C\C/C=C\CC)COP(=O)([O-])OCC[N+](C)(C)C. The molecule has 0 aliphatic carbocycles. The van der Waals surface area contributed by atoms with Crippen LogP contribution in [0, 0.1) is 0 Å². The normalized spacial score (nSPS) is 14.2. The summed E-state index contributed by atoms with van der Waals surface area (Å²) < 4.78 is 34.4. The number of likely N-dealkylation sites (N-methyl/N-ethyl adjacent to an activating group) is 1. The van der Waals surface area contributed by atoms with Gasteiger partial charge in [-0.05, 0) is 141 Å². The van der Waals surface area contributed by atoms with Crippen LogP contribution in [0.2, 0.25) is 0 Å². The first kappa shape index (κ1) is 90.8. The molecule has 0 aliphatic rings. The molecule has 0 heterocycles. The number of hydrogen-bond acceptors (Lipinski definition) is 8. The first-order chi connectivity index (χ1) is 47.0. The van der Waals surface area contributed by atoms with Crippen LogP contribution < -0.4 is 4.89 Å². The van der Waals surface area contributed by atoms with Gasteiger partial charge in [0.05, 0.1) is 27.7 Å². The van der Waals surface area contributed by atoms with Gasteiger partial charge in [-0.25, -0.2) is 0 Å². The average Bonchev–Trinajstić information content (AvgIpc) is 2.54. The van der Waals surface area contributed by atoms with Crippen LogP contribution >= 0.6 is 7.82 Å². The lowest BCUT2D eigenvalue weighted by atomic mass is 10.0. The Balaban J connectivity index is 4.11. The Bertz CT molecular complexity index is 2330. The van der Waals surface area contributed by atoms with E-state index in [0.29, 0.717) is 17.4 Å². The summed E-state index contributed by atoms with van der Waals surface area (Å²) in [5.41, 5.74) is 0. The number of carbonyl (C=O) groups is 2. The summed E-state index contributed by atoms with van der Waals surface area (Å²) >= 11 is 0. The van der Waals surface area contributed by atoms with Gasteiger partial charge in [0.1, 0.15) is 19.8 Å². The number of nitrogens with zero attached hydrogens (tertiary/aromatic N) is 1. The molecule has 0 saturated carbocycles. The second-order valence-corrected chi connectivity index (χ2v) is 27.3. The van der Waals surface area contributed by atoms with E-state index in [0.717, 1.165) is 154 Å². The molecule has 0 amide bonds. The molecule has 0 aromatic rings. The van der Waals surface area contributed by atoms with Crippen LogP contribution in [0.3, 0.4) is 0 Å². The third kappa shape index (κ3) is 77.9. The van der Waals surface area contributed by atoms with E-state index >= 15 is 0 Å². The van der Waals surface area contributed by atoms with Crippen LogP contribution in [0.15, 0.2) is 194 Å². The molecule has 0 radical (unpaired) electrons. The number of quaternary nitrogens is 1. The van der Waals surface area contributed by atoms with Gasteiger partial charge in [-0.15, -0.1) is 0 Å². The smallest absolute Gasteiger partial charge is 0.306 e. The van der Waals surface area contributed by atoms with E-state index in [1.165, 1.54) is 96.3 Å². The van der Waals surface area contributed by atoms with Crippen LogP contribution in [-0.2, 0) is 32.7 Å². The van der Waals surface area contributed by atoms with E-state index in [2.05, 4.69) is 208 Å². The lowest BCUT2D eigenvalue weighted by molar-refractivity contribution is -0.870. The Morgan fingerprint density at radius 3 is 0.833 bits per heavy atom. The second kappa shape index (κ2) is 74.1. The molecule has 2 atom stereocenters. The minimum Gasteiger partial charge on any atom is -0.756 e. The Kier molecular flexibility index (Phi) is 70.1. The molecule has 0 saturated heterocycles. The van der Waals surface area contributed by atoms with Crippen molar-refractivity contribution in [2.75, 3.05) is 47.5 Å². The van der Waals surface area contributed by atoms with Gasteiger partial charge in [0.15, 0.2) is 6.10 Å². The standard InChI is InChI=1S/C86H140NO8P/c1-6-8-10-12-14-16-18-20-22-24-26-28-30-32-34-36-38-39-40-41-42-43-44-45-46-47-49-51-53-55-57-59-61-63-65-67-69-71-73-75-77-79-86(89)95-84(83-94-96(90,91)93-81-80-87(3,4)5)82-92-85(88)78-76-74-72-70-68-66-64-62-60-58-56-54-52-50-48-37-35-33-31-29-27-25-23-21-19-17-15-13-11-9-7-2/h8-11,14-17,20-23,26-29,32-35,38-39,41-42,44-45,47,49,53,55,59,61,84H,6-7,12-13,18-19,24-25,30-31,36-37,40,43,46,48,50-52,54,56-58,60,62-83H2,1-5H3/b10-8-,11-9-,16-14-,17-15-,22-20-,23-21-,28-26-,29-27-,34-32-,35-33-,39-38-,42-41-,45-44-,49-47-,55-53-,61-59-. The third-order valence-electron chi connectivity index (χ3n) is 15.6. The fraction of sp³-hybridized carbons (Fsp3) is 0.605. The molecule has 0 aromatic carbocycles. The molecule has 0 bridgehead atoms. The average molecular weight is 1350 g/mol. The maximum Gasteiger partial charge on any atom is 0.306 e. The van der Waals surface area contributed by atoms with Gasteiger partial charge in [-0.1, -0.05) is 324 Å². The minimum atomic E-state index is -4.66. The van der Waals surface area contributed by atoms with Crippen LogP contribution in [0.5, 0.6) is 0 Å². The van der Waals surface area contributed by atoms with Crippen molar-refractivity contribution >= 4 is 19.8 Å². The summed E-state index contributed by atoms with van der Waals surface area (Å²) in [6.45, 7) is 3.99. The van der Waals surface area contributed by atoms with Gasteiger partial charge in [0.2, 0.25) is 0 Å². The molecular weight excluding hydrogens is 1210 g/mol. The van der Waals surface area contributed by atoms with Gasteiger partial charge in [-0.3, -0.25) is 14.2 Å². The summed E-state index contributed by atoms with van der Waals surface area (Å²) in [5.74, 6) is -0.853. The van der Waals surface area contributed by atoms with Crippen LogP contribution in [-0.4, -0.2) is 70.0 Å². The Hall–Kier alpha value is -5.15. The molecule has 0 spiro atoms. The predicted octanol–water partition coefficient (Wildman–Crippen LogP) is 25.0. The van der Waals surface area contributed by atoms with Crippen molar-refractivity contribution in [3.05, 3.63) is 194 Å². The molecule has 0 aromatic heterocycles. The third-order valence-corrected chi connectivity index (χ3v) is 16.6. The highest BCUT2D eigenvalue weighted by Crippen LogP contribution is 2.38. The number of esters is 2. The highest BCUT2D eigenvalue weighted by molar-refractivity contribution is 7.45. The molecule has 0 rings (SSSR count). The lowest BCUT2D eigenvalue weighted by Crippen LogP contribution is -2.37. The van der Waals surface area contributed by atoms with Crippen molar-refractivity contribution in [1.29, 1.82) is 0 Å². The van der Waals surface area contributed by atoms with Crippen molar-refractivity contribution in [2.24, 2.45) is 0 Å². The first-order valence-electron chi connectivity index (χ1n) is 38.1. The zero-order chi connectivity index (χ0) is 69.7. The summed E-state index contributed by atoms with van der Waals surface area (Å²) in [6, 6.07) is 0. The number of unbranched alkanes of at least 4 members (excludes halogenated alkanes) is 22. The maximum absolute atomic E-state index is 12.9. The summed E-state index contributed by atoms with van der Waals surface area (Å²) in [4.78, 5) is 38.2. The summed E-state index contributed by atoms with van der Waals surface area (Å²) in [7, 11) is 1.14. The number of allylic oxidation sites excluding steroid dienone is 32. The summed E-state index contributed by atoms with van der Waals surface area (Å²) in [6.07, 6.45) is 115. The molecule has 96 heavy (non-hydrogen) atoms. The van der Waals surface area contributed by atoms with Gasteiger partial charge < -0.3 is 27.9 Å². The maximum atomic E-state index is 12.9. The predicted molar refractivity (Wildman–Crippen MR) is 415 cm³/mol. The molecule has 2 unspecified atom stereocenters. The van der Waals surface area contributed by atoms with Gasteiger partial charge >= 0.3 is 11.9 Å². The molecular formula is C86H140NO8P. The van der Waals surface area contributed by atoms with Crippen molar-refractivity contribution in [3.8, 4) is 0 Å². The number of phosphoric ester groups is 1. The van der Waals surface area contributed by atoms with Crippen LogP contribution in [0.4, 0.5) is 0 Å². The zero-order valence-electron chi connectivity index (χ0n) is 61.7. The topological polar surface area (TPSA) is 111 Å². The quantitative estimate of drug-likeness (QED) is 0.0195. The van der Waals surface area contributed by atoms with E-state index in [4.69, 9.17) is 18.5 Å². The van der Waals surface area contributed by atoms with Crippen LogP contribution in [0.1, 0.15) is 284 Å².